The summed E-state index contributed by atoms with van der Waals surface area (Å²) in [5.74, 6) is -0.484. The van der Waals surface area contributed by atoms with Crippen LogP contribution in [-0.4, -0.2) is 31.2 Å². The van der Waals surface area contributed by atoms with Crippen LogP contribution in [-0.2, 0) is 27.7 Å². The van der Waals surface area contributed by atoms with Gasteiger partial charge in [0.1, 0.15) is 5.82 Å². The van der Waals surface area contributed by atoms with Crippen LogP contribution >= 0.6 is 22.9 Å². The fraction of sp³-hybridized carbons (Fsp3) is 0.300. The average molecular weight is 486 g/mol. The van der Waals surface area contributed by atoms with Crippen molar-refractivity contribution in [3.8, 4) is 11.1 Å². The molecule has 0 saturated carbocycles. The maximum atomic E-state index is 15.3. The van der Waals surface area contributed by atoms with Gasteiger partial charge in [-0.1, -0.05) is 38.1 Å². The number of imidazole rings is 1. The molecule has 1 aromatic carbocycles. The highest BCUT2D eigenvalue weighted by Gasteiger charge is 2.30. The lowest BCUT2D eigenvalue weighted by molar-refractivity contribution is 0.177. The first-order valence-electron chi connectivity index (χ1n) is 9.30. The molecule has 0 fully saturated rings. The Morgan fingerprint density at radius 2 is 2.00 bits per heavy atom. The van der Waals surface area contributed by atoms with Gasteiger partial charge in [0.25, 0.3) is 10.0 Å². The second-order valence-corrected chi connectivity index (χ2v) is 10.5. The molecule has 0 atom stereocenters. The van der Waals surface area contributed by atoms with Crippen molar-refractivity contribution in [1.82, 2.24) is 14.3 Å². The molecule has 11 heteroatoms. The number of nitrogens with one attached hydrogen (secondary N) is 1. The van der Waals surface area contributed by atoms with Crippen LogP contribution < -0.4 is 4.72 Å². The number of hydrogen-bond donors (Lipinski definition) is 1. The van der Waals surface area contributed by atoms with Gasteiger partial charge in [-0.15, -0.1) is 11.3 Å². The third-order valence-corrected chi connectivity index (χ3v) is 7.72. The summed E-state index contributed by atoms with van der Waals surface area (Å²) in [6.07, 6.45) is 2.54. The molecule has 2 aromatic heterocycles. The van der Waals surface area contributed by atoms with E-state index in [1.807, 2.05) is 13.8 Å². The standard InChI is InChI=1S/C20H21ClFN3O4S2/c1-12(2)10-15-17(22)16(18(30-15)31(27,28)24-20(26)29-3)14-6-4-13(5-7-14)11-25-9-8-23-19(25)21/h4-9,12H,10-11H2,1-3H3,(H,24,26). The molecule has 7 nitrogen and oxygen atoms in total. The lowest BCUT2D eigenvalue weighted by atomic mass is 10.0. The molecule has 0 spiro atoms. The molecule has 3 rings (SSSR count). The minimum Gasteiger partial charge on any atom is -0.452 e. The fourth-order valence-corrected chi connectivity index (χ4v) is 6.02. The molecule has 0 aliphatic heterocycles. The van der Waals surface area contributed by atoms with Crippen molar-refractivity contribution < 1.29 is 22.3 Å². The highest BCUT2D eigenvalue weighted by molar-refractivity contribution is 7.92. The number of amides is 1. The molecule has 0 bridgehead atoms. The number of methoxy groups -OCH3 is 1. The summed E-state index contributed by atoms with van der Waals surface area (Å²) in [5, 5.41) is 0.341. The van der Waals surface area contributed by atoms with E-state index < -0.39 is 21.9 Å². The zero-order valence-electron chi connectivity index (χ0n) is 17.1. The van der Waals surface area contributed by atoms with Crippen LogP contribution in [0.2, 0.25) is 5.28 Å². The Hall–Kier alpha value is -2.43. The number of ether oxygens (including phenoxy) is 1. The first-order chi connectivity index (χ1) is 14.6. The van der Waals surface area contributed by atoms with Crippen molar-refractivity contribution in [2.45, 2.75) is 31.0 Å². The van der Waals surface area contributed by atoms with E-state index in [0.29, 0.717) is 28.7 Å². The first kappa shape index (κ1) is 23.2. The normalized spacial score (nSPS) is 11.7. The number of halogens is 2. The summed E-state index contributed by atoms with van der Waals surface area (Å²) in [6, 6.07) is 6.80. The van der Waals surface area contributed by atoms with Gasteiger partial charge in [0.15, 0.2) is 4.21 Å². The summed E-state index contributed by atoms with van der Waals surface area (Å²) >= 11 is 6.81. The highest BCUT2D eigenvalue weighted by atomic mass is 35.5. The molecule has 0 aliphatic carbocycles. The van der Waals surface area contributed by atoms with Gasteiger partial charge >= 0.3 is 6.09 Å². The van der Waals surface area contributed by atoms with Crippen molar-refractivity contribution in [3.05, 3.63) is 58.2 Å². The monoisotopic (exact) mass is 485 g/mol. The van der Waals surface area contributed by atoms with E-state index in [9.17, 15) is 13.2 Å². The van der Waals surface area contributed by atoms with E-state index in [1.54, 1.807) is 45.9 Å². The van der Waals surface area contributed by atoms with Gasteiger partial charge < -0.3 is 9.30 Å². The molecule has 1 amide bonds. The number of benzene rings is 1. The second-order valence-electron chi connectivity index (χ2n) is 7.22. The molecule has 0 saturated heterocycles. The van der Waals surface area contributed by atoms with E-state index in [0.717, 1.165) is 24.0 Å². The van der Waals surface area contributed by atoms with E-state index in [4.69, 9.17) is 11.6 Å². The molecule has 0 aliphatic rings. The molecule has 2 heterocycles. The summed E-state index contributed by atoms with van der Waals surface area (Å²) in [6.45, 7) is 4.28. The maximum Gasteiger partial charge on any atom is 0.420 e. The Bertz CT molecular complexity index is 1190. The molecule has 3 aromatic rings. The minimum atomic E-state index is -4.32. The van der Waals surface area contributed by atoms with E-state index in [1.165, 1.54) is 0 Å². The Balaban J connectivity index is 2.03. The predicted molar refractivity (Wildman–Crippen MR) is 117 cm³/mol. The molecule has 166 valence electrons. The molecule has 1 N–H and O–H groups in total. The van der Waals surface area contributed by atoms with Crippen molar-refractivity contribution in [3.63, 3.8) is 0 Å². The van der Waals surface area contributed by atoms with Crippen LogP contribution in [0, 0.1) is 11.7 Å². The van der Waals surface area contributed by atoms with Gasteiger partial charge in [-0.2, -0.15) is 0 Å². The molecule has 0 radical (unpaired) electrons. The SMILES string of the molecule is COC(=O)NS(=O)(=O)c1sc(CC(C)C)c(F)c1-c1ccc(Cn2ccnc2Cl)cc1. The number of sulfonamides is 1. The minimum absolute atomic E-state index is 0.0655. The van der Waals surface area contributed by atoms with Crippen LogP contribution in [0.1, 0.15) is 24.3 Å². The number of carbonyl (C=O) groups is 1. The summed E-state index contributed by atoms with van der Waals surface area (Å²) in [4.78, 5) is 15.8. The van der Waals surface area contributed by atoms with E-state index >= 15 is 4.39 Å². The van der Waals surface area contributed by atoms with Crippen LogP contribution in [0.4, 0.5) is 9.18 Å². The number of hydrogen-bond acceptors (Lipinski definition) is 6. The Labute approximate surface area is 188 Å². The quantitative estimate of drug-likeness (QED) is 0.524. The van der Waals surface area contributed by atoms with Gasteiger partial charge in [0, 0.05) is 29.4 Å². The predicted octanol–water partition coefficient (Wildman–Crippen LogP) is 4.70. The maximum absolute atomic E-state index is 15.3. The third-order valence-electron chi connectivity index (χ3n) is 4.39. The van der Waals surface area contributed by atoms with Gasteiger partial charge in [-0.3, -0.25) is 0 Å². The highest BCUT2D eigenvalue weighted by Crippen LogP contribution is 2.39. The molecule has 0 unspecified atom stereocenters. The number of carbonyl (C=O) groups excluding carboxylic acids is 1. The summed E-state index contributed by atoms with van der Waals surface area (Å²) < 4.78 is 48.5. The van der Waals surface area contributed by atoms with Crippen molar-refractivity contribution in [2.24, 2.45) is 5.92 Å². The number of nitrogens with zero attached hydrogens (tertiary/aromatic N) is 2. The molecule has 31 heavy (non-hydrogen) atoms. The molecular weight excluding hydrogens is 465 g/mol. The number of rotatable bonds is 7. The van der Waals surface area contributed by atoms with Crippen LogP contribution in [0.3, 0.4) is 0 Å². The van der Waals surface area contributed by atoms with Gasteiger partial charge in [0.05, 0.1) is 7.11 Å². The van der Waals surface area contributed by atoms with Crippen molar-refractivity contribution in [2.75, 3.05) is 7.11 Å². The van der Waals surface area contributed by atoms with Crippen LogP contribution in [0.5, 0.6) is 0 Å². The van der Waals surface area contributed by atoms with Crippen LogP contribution in [0.25, 0.3) is 11.1 Å². The first-order valence-corrected chi connectivity index (χ1v) is 12.0. The number of aromatic nitrogens is 2. The van der Waals surface area contributed by atoms with E-state index in [2.05, 4.69) is 9.72 Å². The molecular formula is C20H21ClFN3O4S2. The Kier molecular flexibility index (Phi) is 7.03. The van der Waals surface area contributed by atoms with Gasteiger partial charge in [-0.25, -0.2) is 27.3 Å². The topological polar surface area (TPSA) is 90.3 Å². The smallest absolute Gasteiger partial charge is 0.420 e. The largest absolute Gasteiger partial charge is 0.452 e. The van der Waals surface area contributed by atoms with Gasteiger partial charge in [0.2, 0.25) is 5.28 Å². The fourth-order valence-electron chi connectivity index (χ4n) is 2.97. The third kappa shape index (κ3) is 5.25. The average Bonchev–Trinajstić information content (AvgIpc) is 3.25. The number of thiophene rings is 1. The zero-order valence-corrected chi connectivity index (χ0v) is 19.4. The zero-order chi connectivity index (χ0) is 22.8. The Morgan fingerprint density at radius 3 is 2.55 bits per heavy atom. The lowest BCUT2D eigenvalue weighted by Crippen LogP contribution is -2.30. The van der Waals surface area contributed by atoms with E-state index in [-0.39, 0.29) is 15.7 Å². The summed E-state index contributed by atoms with van der Waals surface area (Å²) in [5.41, 5.74) is 1.19. The summed E-state index contributed by atoms with van der Waals surface area (Å²) in [7, 11) is -3.27. The van der Waals surface area contributed by atoms with Crippen LogP contribution in [0.15, 0.2) is 40.9 Å². The van der Waals surface area contributed by atoms with Crippen molar-refractivity contribution in [1.29, 1.82) is 0 Å². The van der Waals surface area contributed by atoms with Gasteiger partial charge in [-0.05, 0) is 35.1 Å². The van der Waals surface area contributed by atoms with Crippen molar-refractivity contribution >= 4 is 39.1 Å². The second kappa shape index (κ2) is 9.37. The Morgan fingerprint density at radius 1 is 1.32 bits per heavy atom. The lowest BCUT2D eigenvalue weighted by Gasteiger charge is -2.09.